The molecule has 0 bridgehead atoms. The van der Waals surface area contributed by atoms with E-state index in [0.717, 1.165) is 6.26 Å². The van der Waals surface area contributed by atoms with Crippen molar-refractivity contribution in [2.45, 2.75) is 0 Å². The lowest BCUT2D eigenvalue weighted by Crippen LogP contribution is -2.16. The average Bonchev–Trinajstić information content (AvgIpc) is 2.15. The predicted octanol–water partition coefficient (Wildman–Crippen LogP) is 0.275. The third kappa shape index (κ3) is 2.26. The second-order valence-corrected chi connectivity index (χ2v) is 4.90. The molecule has 0 aliphatic heterocycles. The van der Waals surface area contributed by atoms with Gasteiger partial charge in [0, 0.05) is 11.8 Å². The van der Waals surface area contributed by atoms with Crippen LogP contribution in [0.4, 0.5) is 0 Å². The van der Waals surface area contributed by atoms with Gasteiger partial charge in [0.1, 0.15) is 5.03 Å². The summed E-state index contributed by atoms with van der Waals surface area (Å²) in [6, 6.07) is 8.74. The Morgan fingerprint density at radius 3 is 2.07 bits per heavy atom. The molecular weight excluding hydrogens is 200 g/mol. The van der Waals surface area contributed by atoms with E-state index in [0.29, 0.717) is 5.56 Å². The Morgan fingerprint density at radius 2 is 1.64 bits per heavy atom. The van der Waals surface area contributed by atoms with Crippen molar-refractivity contribution in [3.8, 4) is 0 Å². The highest BCUT2D eigenvalue weighted by molar-refractivity contribution is 7.94. The summed E-state index contributed by atoms with van der Waals surface area (Å²) in [7, 11) is -3.42. The molecule has 0 heterocycles. The van der Waals surface area contributed by atoms with Gasteiger partial charge in [-0.2, -0.15) is 0 Å². The van der Waals surface area contributed by atoms with Crippen molar-refractivity contribution < 1.29 is 8.42 Å². The zero-order valence-electron chi connectivity index (χ0n) is 7.77. The van der Waals surface area contributed by atoms with Crippen LogP contribution in [0.5, 0.6) is 0 Å². The molecule has 5 heteroatoms. The van der Waals surface area contributed by atoms with E-state index in [1.54, 1.807) is 24.3 Å². The molecular formula is C9H12N2O2S. The molecule has 0 aromatic heterocycles. The van der Waals surface area contributed by atoms with Crippen LogP contribution in [-0.2, 0) is 9.84 Å². The molecule has 0 aliphatic rings. The molecule has 0 saturated heterocycles. The maximum absolute atomic E-state index is 11.1. The molecule has 1 aromatic carbocycles. The number of rotatable bonds is 2. The van der Waals surface area contributed by atoms with Crippen molar-refractivity contribution in [3.05, 3.63) is 40.9 Å². The summed E-state index contributed by atoms with van der Waals surface area (Å²) in [5, 5.41) is -0.288. The van der Waals surface area contributed by atoms with Crippen molar-refractivity contribution >= 4 is 15.5 Å². The van der Waals surface area contributed by atoms with Crippen LogP contribution < -0.4 is 11.5 Å². The highest BCUT2D eigenvalue weighted by Gasteiger charge is 2.12. The van der Waals surface area contributed by atoms with Crippen LogP contribution in [0, 0.1) is 0 Å². The summed E-state index contributed by atoms with van der Waals surface area (Å²) in [4.78, 5) is 0. The van der Waals surface area contributed by atoms with Crippen molar-refractivity contribution in [2.75, 3.05) is 6.26 Å². The standard InChI is InChI=1S/C9H12N2O2S/c1-14(12,13)9(11)8(10)7-5-3-2-4-6-7/h2-6H,10-11H2,1H3/b9-8+. The van der Waals surface area contributed by atoms with E-state index >= 15 is 0 Å². The topological polar surface area (TPSA) is 86.2 Å². The van der Waals surface area contributed by atoms with Crippen molar-refractivity contribution in [1.29, 1.82) is 0 Å². The predicted molar refractivity (Wildman–Crippen MR) is 56.6 cm³/mol. The zero-order chi connectivity index (χ0) is 10.8. The van der Waals surface area contributed by atoms with Gasteiger partial charge in [0.05, 0.1) is 5.70 Å². The molecule has 1 rings (SSSR count). The van der Waals surface area contributed by atoms with Gasteiger partial charge in [-0.3, -0.25) is 0 Å². The summed E-state index contributed by atoms with van der Waals surface area (Å²) >= 11 is 0. The highest BCUT2D eigenvalue weighted by atomic mass is 32.2. The first-order valence-corrected chi connectivity index (χ1v) is 5.83. The minimum absolute atomic E-state index is 0.0908. The summed E-state index contributed by atoms with van der Waals surface area (Å²) in [6.45, 7) is 0. The fraction of sp³-hybridized carbons (Fsp3) is 0.111. The molecule has 4 nitrogen and oxygen atoms in total. The van der Waals surface area contributed by atoms with Crippen molar-refractivity contribution in [1.82, 2.24) is 0 Å². The summed E-state index contributed by atoms with van der Waals surface area (Å²) in [5.41, 5.74) is 11.7. The van der Waals surface area contributed by atoms with E-state index < -0.39 is 9.84 Å². The second-order valence-electron chi connectivity index (χ2n) is 2.92. The van der Waals surface area contributed by atoms with Gasteiger partial charge in [-0.15, -0.1) is 0 Å². The minimum Gasteiger partial charge on any atom is -0.396 e. The molecule has 0 atom stereocenters. The van der Waals surface area contributed by atoms with E-state index in [1.807, 2.05) is 6.07 Å². The summed E-state index contributed by atoms with van der Waals surface area (Å²) in [6.07, 6.45) is 1.03. The van der Waals surface area contributed by atoms with Gasteiger partial charge in [-0.25, -0.2) is 8.42 Å². The van der Waals surface area contributed by atoms with Gasteiger partial charge in [0.25, 0.3) is 0 Å². The van der Waals surface area contributed by atoms with Gasteiger partial charge in [-0.05, 0) is 0 Å². The lowest BCUT2D eigenvalue weighted by molar-refractivity contribution is 0.607. The van der Waals surface area contributed by atoms with Gasteiger partial charge in [0.2, 0.25) is 0 Å². The SMILES string of the molecule is CS(=O)(=O)/C(N)=C(/N)c1ccccc1. The monoisotopic (exact) mass is 212 g/mol. The molecule has 0 aliphatic carbocycles. The minimum atomic E-state index is -3.42. The van der Waals surface area contributed by atoms with Gasteiger partial charge < -0.3 is 11.5 Å². The number of benzene rings is 1. The van der Waals surface area contributed by atoms with E-state index in [4.69, 9.17) is 11.5 Å². The molecule has 0 unspecified atom stereocenters. The van der Waals surface area contributed by atoms with Crippen LogP contribution in [-0.4, -0.2) is 14.7 Å². The molecule has 4 N–H and O–H groups in total. The number of hydrogen-bond acceptors (Lipinski definition) is 4. The largest absolute Gasteiger partial charge is 0.396 e. The Balaban J connectivity index is 3.26. The van der Waals surface area contributed by atoms with E-state index in [2.05, 4.69) is 0 Å². The Hall–Kier alpha value is -1.49. The highest BCUT2D eigenvalue weighted by Crippen LogP contribution is 2.12. The number of nitrogens with two attached hydrogens (primary N) is 2. The van der Waals surface area contributed by atoms with Crippen LogP contribution in [0.2, 0.25) is 0 Å². The lowest BCUT2D eigenvalue weighted by atomic mass is 10.2. The van der Waals surface area contributed by atoms with Crippen LogP contribution in [0.3, 0.4) is 0 Å². The zero-order valence-corrected chi connectivity index (χ0v) is 8.58. The van der Waals surface area contributed by atoms with Gasteiger partial charge >= 0.3 is 0 Å². The van der Waals surface area contributed by atoms with Crippen molar-refractivity contribution in [2.24, 2.45) is 11.5 Å². The molecule has 76 valence electrons. The number of hydrogen-bond donors (Lipinski definition) is 2. The Labute approximate surface area is 83.1 Å². The molecule has 1 aromatic rings. The molecule has 0 fully saturated rings. The molecule has 0 saturated carbocycles. The first kappa shape index (κ1) is 10.6. The fourth-order valence-electron chi connectivity index (χ4n) is 0.960. The van der Waals surface area contributed by atoms with E-state index in [-0.39, 0.29) is 10.7 Å². The van der Waals surface area contributed by atoms with Crippen LogP contribution >= 0.6 is 0 Å². The van der Waals surface area contributed by atoms with E-state index in [1.165, 1.54) is 0 Å². The third-order valence-electron chi connectivity index (χ3n) is 1.75. The van der Waals surface area contributed by atoms with E-state index in [9.17, 15) is 8.42 Å². The Bertz CT molecular complexity index is 449. The second kappa shape index (κ2) is 3.71. The van der Waals surface area contributed by atoms with Crippen LogP contribution in [0.1, 0.15) is 5.56 Å². The first-order chi connectivity index (χ1) is 6.43. The first-order valence-electron chi connectivity index (χ1n) is 3.93. The maximum Gasteiger partial charge on any atom is 0.192 e. The third-order valence-corrected chi connectivity index (χ3v) is 2.77. The summed E-state index contributed by atoms with van der Waals surface area (Å²) < 4.78 is 22.2. The van der Waals surface area contributed by atoms with Crippen LogP contribution in [0.25, 0.3) is 5.70 Å². The molecule has 0 radical (unpaired) electrons. The molecule has 14 heavy (non-hydrogen) atoms. The quantitative estimate of drug-likeness (QED) is 0.737. The normalized spacial score (nSPS) is 13.5. The molecule has 0 spiro atoms. The fourth-order valence-corrected chi connectivity index (χ4v) is 1.48. The lowest BCUT2D eigenvalue weighted by Gasteiger charge is -2.05. The average molecular weight is 212 g/mol. The summed E-state index contributed by atoms with van der Waals surface area (Å²) in [5.74, 6) is 0. The van der Waals surface area contributed by atoms with Gasteiger partial charge in [0.15, 0.2) is 9.84 Å². The number of sulfone groups is 1. The Kier molecular flexibility index (Phi) is 2.81. The molecule has 0 amide bonds. The maximum atomic E-state index is 11.1. The Morgan fingerprint density at radius 1 is 1.14 bits per heavy atom. The van der Waals surface area contributed by atoms with Gasteiger partial charge in [-0.1, -0.05) is 30.3 Å². The van der Waals surface area contributed by atoms with Crippen molar-refractivity contribution in [3.63, 3.8) is 0 Å². The van der Waals surface area contributed by atoms with Crippen LogP contribution in [0.15, 0.2) is 35.4 Å². The smallest absolute Gasteiger partial charge is 0.192 e.